The number of aromatic amines is 1. The fourth-order valence-electron chi connectivity index (χ4n) is 1.04. The molecule has 0 bridgehead atoms. The summed E-state index contributed by atoms with van der Waals surface area (Å²) < 4.78 is 0.403. The number of anilines is 1. The van der Waals surface area contributed by atoms with Gasteiger partial charge in [0.2, 0.25) is 0 Å². The highest BCUT2D eigenvalue weighted by Gasteiger charge is 2.14. The SMILES string of the molecule is CC(C)C(CCl)Nc1nc[nH]c(=O)c1Br. The topological polar surface area (TPSA) is 57.8 Å². The number of alkyl halides is 1. The Morgan fingerprint density at radius 1 is 1.67 bits per heavy atom. The molecule has 0 aliphatic rings. The maximum absolute atomic E-state index is 11.3. The molecule has 1 heterocycles. The molecule has 15 heavy (non-hydrogen) atoms. The van der Waals surface area contributed by atoms with Crippen molar-refractivity contribution in [2.75, 3.05) is 11.2 Å². The standard InChI is InChI=1S/C9H13BrClN3O/c1-5(2)6(3-11)14-8-7(10)9(15)13-4-12-8/h4-6H,3H2,1-2H3,(H2,12,13,14,15). The van der Waals surface area contributed by atoms with Crippen molar-refractivity contribution in [2.24, 2.45) is 5.92 Å². The van der Waals surface area contributed by atoms with E-state index in [1.807, 2.05) is 0 Å². The van der Waals surface area contributed by atoms with Crippen molar-refractivity contribution in [3.63, 3.8) is 0 Å². The zero-order valence-corrected chi connectivity index (χ0v) is 10.9. The zero-order chi connectivity index (χ0) is 11.4. The third kappa shape index (κ3) is 3.21. The van der Waals surface area contributed by atoms with Gasteiger partial charge < -0.3 is 10.3 Å². The molecule has 0 aliphatic carbocycles. The Bertz CT molecular complexity index is 380. The van der Waals surface area contributed by atoms with Crippen LogP contribution in [0.3, 0.4) is 0 Å². The van der Waals surface area contributed by atoms with Gasteiger partial charge in [0, 0.05) is 11.9 Å². The van der Waals surface area contributed by atoms with Crippen molar-refractivity contribution >= 4 is 33.3 Å². The van der Waals surface area contributed by atoms with Gasteiger partial charge >= 0.3 is 0 Å². The second-order valence-corrected chi connectivity index (χ2v) is 4.65. The predicted molar refractivity (Wildman–Crippen MR) is 65.5 cm³/mol. The average molecular weight is 295 g/mol. The number of halogens is 2. The minimum atomic E-state index is -0.204. The molecule has 0 aromatic carbocycles. The van der Waals surface area contributed by atoms with Crippen molar-refractivity contribution < 1.29 is 0 Å². The van der Waals surface area contributed by atoms with Crippen LogP contribution in [0, 0.1) is 5.92 Å². The predicted octanol–water partition coefficient (Wildman–Crippen LogP) is 2.21. The molecule has 0 saturated heterocycles. The Morgan fingerprint density at radius 2 is 2.33 bits per heavy atom. The molecule has 0 aliphatic heterocycles. The van der Waals surface area contributed by atoms with E-state index in [0.717, 1.165) is 0 Å². The second-order valence-electron chi connectivity index (χ2n) is 3.54. The summed E-state index contributed by atoms with van der Waals surface area (Å²) in [6, 6.07) is 0.0947. The van der Waals surface area contributed by atoms with Crippen LogP contribution < -0.4 is 10.9 Å². The fraction of sp³-hybridized carbons (Fsp3) is 0.556. The van der Waals surface area contributed by atoms with Gasteiger partial charge in [0.05, 0.1) is 6.33 Å². The highest BCUT2D eigenvalue weighted by molar-refractivity contribution is 9.10. The maximum Gasteiger partial charge on any atom is 0.267 e. The highest BCUT2D eigenvalue weighted by atomic mass is 79.9. The van der Waals surface area contributed by atoms with E-state index in [4.69, 9.17) is 11.6 Å². The number of aromatic nitrogens is 2. The molecule has 1 rings (SSSR count). The van der Waals surface area contributed by atoms with E-state index >= 15 is 0 Å². The molecule has 2 N–H and O–H groups in total. The number of hydrogen-bond acceptors (Lipinski definition) is 3. The maximum atomic E-state index is 11.3. The van der Waals surface area contributed by atoms with E-state index in [2.05, 4.69) is 45.1 Å². The normalized spacial score (nSPS) is 12.9. The molecule has 0 amide bonds. The molecule has 1 unspecified atom stereocenters. The molecule has 0 spiro atoms. The first kappa shape index (κ1) is 12.5. The van der Waals surface area contributed by atoms with Gasteiger partial charge in [0.1, 0.15) is 10.3 Å². The fourth-order valence-corrected chi connectivity index (χ4v) is 1.81. The minimum Gasteiger partial charge on any atom is -0.365 e. The molecular weight excluding hydrogens is 281 g/mol. The molecule has 84 valence electrons. The number of nitrogens with one attached hydrogen (secondary N) is 2. The monoisotopic (exact) mass is 293 g/mol. The van der Waals surface area contributed by atoms with Crippen LogP contribution in [0.5, 0.6) is 0 Å². The summed E-state index contributed by atoms with van der Waals surface area (Å²) in [7, 11) is 0. The largest absolute Gasteiger partial charge is 0.365 e. The molecular formula is C9H13BrClN3O. The van der Waals surface area contributed by atoms with Gasteiger partial charge in [-0.15, -0.1) is 11.6 Å². The lowest BCUT2D eigenvalue weighted by Gasteiger charge is -2.20. The third-order valence-electron chi connectivity index (χ3n) is 2.09. The lowest BCUT2D eigenvalue weighted by atomic mass is 10.1. The Hall–Kier alpha value is -0.550. The van der Waals surface area contributed by atoms with Gasteiger partial charge in [-0.3, -0.25) is 4.79 Å². The zero-order valence-electron chi connectivity index (χ0n) is 8.55. The van der Waals surface area contributed by atoms with Gasteiger partial charge in [0.15, 0.2) is 0 Å². The van der Waals surface area contributed by atoms with Crippen LogP contribution in [0.25, 0.3) is 0 Å². The summed E-state index contributed by atoms with van der Waals surface area (Å²) in [4.78, 5) is 17.8. The minimum absolute atomic E-state index is 0.0947. The van der Waals surface area contributed by atoms with Gasteiger partial charge in [-0.2, -0.15) is 0 Å². The van der Waals surface area contributed by atoms with E-state index < -0.39 is 0 Å². The third-order valence-corrected chi connectivity index (χ3v) is 3.16. The second kappa shape index (κ2) is 5.51. The van der Waals surface area contributed by atoms with Crippen LogP contribution in [-0.2, 0) is 0 Å². The van der Waals surface area contributed by atoms with Gasteiger partial charge in [0.25, 0.3) is 5.56 Å². The Morgan fingerprint density at radius 3 is 2.87 bits per heavy atom. The first-order valence-electron chi connectivity index (χ1n) is 4.62. The molecule has 0 saturated carbocycles. The molecule has 0 radical (unpaired) electrons. The van der Waals surface area contributed by atoms with Crippen molar-refractivity contribution in [1.29, 1.82) is 0 Å². The summed E-state index contributed by atoms with van der Waals surface area (Å²) in [5.41, 5.74) is -0.204. The van der Waals surface area contributed by atoms with Crippen LogP contribution in [0.15, 0.2) is 15.6 Å². The Labute approximate surface area is 102 Å². The molecule has 6 heteroatoms. The van der Waals surface area contributed by atoms with Gasteiger partial charge in [-0.1, -0.05) is 13.8 Å². The number of rotatable bonds is 4. The quantitative estimate of drug-likeness (QED) is 0.837. The van der Waals surface area contributed by atoms with Gasteiger partial charge in [-0.05, 0) is 21.8 Å². The van der Waals surface area contributed by atoms with E-state index in [9.17, 15) is 4.79 Å². The summed E-state index contributed by atoms with van der Waals surface area (Å²) in [6.45, 7) is 4.11. The first-order valence-corrected chi connectivity index (χ1v) is 5.94. The molecule has 4 nitrogen and oxygen atoms in total. The van der Waals surface area contributed by atoms with Crippen LogP contribution in [0.2, 0.25) is 0 Å². The Balaban J connectivity index is 2.88. The van der Waals surface area contributed by atoms with E-state index in [-0.39, 0.29) is 11.6 Å². The lowest BCUT2D eigenvalue weighted by Crippen LogP contribution is -2.29. The highest BCUT2D eigenvalue weighted by Crippen LogP contribution is 2.17. The van der Waals surface area contributed by atoms with Crippen LogP contribution in [0.1, 0.15) is 13.8 Å². The number of nitrogens with zero attached hydrogens (tertiary/aromatic N) is 1. The van der Waals surface area contributed by atoms with Crippen molar-refractivity contribution in [1.82, 2.24) is 9.97 Å². The molecule has 1 aromatic rings. The van der Waals surface area contributed by atoms with Crippen LogP contribution in [0.4, 0.5) is 5.82 Å². The average Bonchev–Trinajstić information content (AvgIpc) is 2.19. The molecule has 1 aromatic heterocycles. The van der Waals surface area contributed by atoms with Gasteiger partial charge in [-0.25, -0.2) is 4.98 Å². The summed E-state index contributed by atoms with van der Waals surface area (Å²) in [6.07, 6.45) is 1.36. The van der Waals surface area contributed by atoms with E-state index in [1.165, 1.54) is 6.33 Å². The lowest BCUT2D eigenvalue weighted by molar-refractivity contribution is 0.562. The van der Waals surface area contributed by atoms with Crippen molar-refractivity contribution in [2.45, 2.75) is 19.9 Å². The Kier molecular flexibility index (Phi) is 4.60. The van der Waals surface area contributed by atoms with E-state index in [1.54, 1.807) is 0 Å². The number of H-pyrrole nitrogens is 1. The van der Waals surface area contributed by atoms with Crippen molar-refractivity contribution in [3.05, 3.63) is 21.2 Å². The summed E-state index contributed by atoms with van der Waals surface area (Å²) >= 11 is 8.99. The van der Waals surface area contributed by atoms with Crippen LogP contribution in [-0.4, -0.2) is 21.9 Å². The molecule has 0 fully saturated rings. The molecule has 1 atom stereocenters. The van der Waals surface area contributed by atoms with E-state index in [0.29, 0.717) is 22.1 Å². The summed E-state index contributed by atoms with van der Waals surface area (Å²) in [5.74, 6) is 1.37. The van der Waals surface area contributed by atoms with Crippen molar-refractivity contribution in [3.8, 4) is 0 Å². The summed E-state index contributed by atoms with van der Waals surface area (Å²) in [5, 5.41) is 3.13. The number of hydrogen-bond donors (Lipinski definition) is 2. The smallest absolute Gasteiger partial charge is 0.267 e. The van der Waals surface area contributed by atoms with Crippen LogP contribution >= 0.6 is 27.5 Å². The first-order chi connectivity index (χ1) is 7.06.